The van der Waals surface area contributed by atoms with E-state index < -0.39 is 27.4 Å². The van der Waals surface area contributed by atoms with Gasteiger partial charge in [0.25, 0.3) is 0 Å². The summed E-state index contributed by atoms with van der Waals surface area (Å²) in [5.74, 6) is -2.08. The van der Waals surface area contributed by atoms with Gasteiger partial charge in [0.2, 0.25) is 15.9 Å². The molecule has 0 heterocycles. The Labute approximate surface area is 134 Å². The molecule has 1 amide bonds. The molecule has 1 aromatic carbocycles. The van der Waals surface area contributed by atoms with Crippen molar-refractivity contribution in [2.45, 2.75) is 31.2 Å². The molecule has 0 atom stereocenters. The number of hydrogen-bond donors (Lipinski definition) is 2. The number of likely N-dealkylation sites (N-methyl/N-ethyl adjacent to an activating group) is 1. The molecule has 9 heteroatoms. The van der Waals surface area contributed by atoms with Gasteiger partial charge in [0.1, 0.15) is 16.9 Å². The van der Waals surface area contributed by atoms with Crippen LogP contribution in [0.5, 0.6) is 5.75 Å². The van der Waals surface area contributed by atoms with Crippen LogP contribution in [0.25, 0.3) is 0 Å². The lowest BCUT2D eigenvalue weighted by Crippen LogP contribution is -2.53. The fourth-order valence-corrected chi connectivity index (χ4v) is 3.25. The van der Waals surface area contributed by atoms with Crippen molar-refractivity contribution in [1.29, 1.82) is 0 Å². The Bertz CT molecular complexity index is 727. The average Bonchev–Trinajstić information content (AvgIpc) is 2.46. The van der Waals surface area contributed by atoms with Crippen LogP contribution in [-0.2, 0) is 14.8 Å². The monoisotopic (exact) mass is 344 g/mol. The molecule has 1 aromatic rings. The first-order chi connectivity index (χ1) is 10.5. The van der Waals surface area contributed by atoms with Gasteiger partial charge < -0.3 is 15.6 Å². The Kier molecular flexibility index (Phi) is 5.39. The summed E-state index contributed by atoms with van der Waals surface area (Å²) >= 11 is 0. The second-order valence-corrected chi connectivity index (χ2v) is 7.26. The molecular formula is C14H20N2O6S. The number of carboxylic acid groups (broad SMARTS) is 1. The van der Waals surface area contributed by atoms with E-state index in [-0.39, 0.29) is 22.8 Å². The van der Waals surface area contributed by atoms with Crippen LogP contribution in [0.4, 0.5) is 0 Å². The van der Waals surface area contributed by atoms with Gasteiger partial charge in [-0.25, -0.2) is 13.2 Å². The molecule has 0 aliphatic rings. The molecular weight excluding hydrogens is 324 g/mol. The van der Waals surface area contributed by atoms with Gasteiger partial charge in [-0.1, -0.05) is 0 Å². The normalized spacial score (nSPS) is 12.2. The minimum atomic E-state index is -4.12. The van der Waals surface area contributed by atoms with E-state index in [0.717, 1.165) is 10.4 Å². The molecule has 0 saturated heterocycles. The van der Waals surface area contributed by atoms with Crippen LogP contribution in [0.15, 0.2) is 23.1 Å². The third-order valence-corrected chi connectivity index (χ3v) is 5.56. The Morgan fingerprint density at radius 1 is 1.35 bits per heavy atom. The van der Waals surface area contributed by atoms with Gasteiger partial charge in [0, 0.05) is 7.05 Å². The molecule has 0 unspecified atom stereocenters. The third-order valence-electron chi connectivity index (χ3n) is 3.53. The van der Waals surface area contributed by atoms with Crippen LogP contribution in [0.1, 0.15) is 31.1 Å². The van der Waals surface area contributed by atoms with E-state index in [0.29, 0.717) is 0 Å². The molecule has 1 rings (SSSR count). The van der Waals surface area contributed by atoms with Crippen LogP contribution < -0.4 is 10.5 Å². The Morgan fingerprint density at radius 3 is 2.35 bits per heavy atom. The summed E-state index contributed by atoms with van der Waals surface area (Å²) in [6.45, 7) is 4.64. The van der Waals surface area contributed by atoms with Gasteiger partial charge in [0.15, 0.2) is 0 Å². The number of nitrogens with two attached hydrogens (primary N) is 1. The number of carbonyl (C=O) groups excluding carboxylic acids is 1. The minimum Gasteiger partial charge on any atom is -0.493 e. The van der Waals surface area contributed by atoms with Crippen LogP contribution >= 0.6 is 0 Å². The Hall–Kier alpha value is -2.13. The summed E-state index contributed by atoms with van der Waals surface area (Å²) in [6.07, 6.45) is 0. The molecule has 128 valence electrons. The lowest BCUT2D eigenvalue weighted by Gasteiger charge is -2.31. The first kappa shape index (κ1) is 18.9. The van der Waals surface area contributed by atoms with Crippen molar-refractivity contribution in [3.63, 3.8) is 0 Å². The smallest absolute Gasteiger partial charge is 0.339 e. The van der Waals surface area contributed by atoms with Gasteiger partial charge in [-0.3, -0.25) is 4.79 Å². The maximum atomic E-state index is 12.6. The summed E-state index contributed by atoms with van der Waals surface area (Å²) in [4.78, 5) is 22.5. The zero-order valence-electron chi connectivity index (χ0n) is 13.4. The second kappa shape index (κ2) is 6.55. The van der Waals surface area contributed by atoms with E-state index >= 15 is 0 Å². The van der Waals surface area contributed by atoms with Crippen molar-refractivity contribution >= 4 is 21.9 Å². The molecule has 0 aromatic heterocycles. The van der Waals surface area contributed by atoms with Crippen molar-refractivity contribution in [2.24, 2.45) is 5.73 Å². The second-order valence-electron chi connectivity index (χ2n) is 5.29. The highest BCUT2D eigenvalue weighted by Crippen LogP contribution is 2.27. The van der Waals surface area contributed by atoms with Crippen molar-refractivity contribution in [3.05, 3.63) is 23.8 Å². The SMILES string of the molecule is CCOc1ccc(S(=O)(=O)N(C)C(C)(C)C(N)=O)cc1C(=O)O. The highest BCUT2D eigenvalue weighted by Gasteiger charge is 2.39. The number of carbonyl (C=O) groups is 2. The molecule has 0 aliphatic heterocycles. The summed E-state index contributed by atoms with van der Waals surface area (Å²) < 4.78 is 31.2. The van der Waals surface area contributed by atoms with Crippen LogP contribution in [0.2, 0.25) is 0 Å². The molecule has 0 radical (unpaired) electrons. The molecule has 0 aliphatic carbocycles. The van der Waals surface area contributed by atoms with Gasteiger partial charge in [-0.15, -0.1) is 0 Å². The largest absolute Gasteiger partial charge is 0.493 e. The van der Waals surface area contributed by atoms with E-state index in [1.54, 1.807) is 6.92 Å². The lowest BCUT2D eigenvalue weighted by atomic mass is 10.1. The van der Waals surface area contributed by atoms with Crippen molar-refractivity contribution in [2.75, 3.05) is 13.7 Å². The quantitative estimate of drug-likeness (QED) is 0.748. The number of carboxylic acids is 1. The molecule has 0 spiro atoms. The van der Waals surface area contributed by atoms with Crippen molar-refractivity contribution in [3.8, 4) is 5.75 Å². The Morgan fingerprint density at radius 2 is 1.91 bits per heavy atom. The van der Waals surface area contributed by atoms with Crippen LogP contribution in [0.3, 0.4) is 0 Å². The molecule has 0 fully saturated rings. The maximum absolute atomic E-state index is 12.6. The molecule has 0 bridgehead atoms. The molecule has 3 N–H and O–H groups in total. The van der Waals surface area contributed by atoms with Gasteiger partial charge in [0.05, 0.1) is 11.5 Å². The highest BCUT2D eigenvalue weighted by molar-refractivity contribution is 7.89. The molecule has 0 saturated carbocycles. The lowest BCUT2D eigenvalue weighted by molar-refractivity contribution is -0.125. The number of rotatable bonds is 7. The van der Waals surface area contributed by atoms with Crippen molar-refractivity contribution < 1.29 is 27.9 Å². The zero-order chi connectivity index (χ0) is 18.0. The number of ether oxygens (including phenoxy) is 1. The third kappa shape index (κ3) is 3.62. The number of sulfonamides is 1. The first-order valence-electron chi connectivity index (χ1n) is 6.75. The number of amides is 1. The molecule has 23 heavy (non-hydrogen) atoms. The first-order valence-corrected chi connectivity index (χ1v) is 8.19. The van der Waals surface area contributed by atoms with E-state index in [2.05, 4.69) is 0 Å². The van der Waals surface area contributed by atoms with E-state index in [1.807, 2.05) is 0 Å². The highest BCUT2D eigenvalue weighted by atomic mass is 32.2. The fraction of sp³-hybridized carbons (Fsp3) is 0.429. The zero-order valence-corrected chi connectivity index (χ0v) is 14.2. The Balaban J connectivity index is 3.43. The number of nitrogens with zero attached hydrogens (tertiary/aromatic N) is 1. The minimum absolute atomic E-state index is 0.0655. The van der Waals surface area contributed by atoms with Gasteiger partial charge in [-0.2, -0.15) is 4.31 Å². The predicted octanol–water partition coefficient (Wildman–Crippen LogP) is 0.668. The predicted molar refractivity (Wildman–Crippen MR) is 82.8 cm³/mol. The van der Waals surface area contributed by atoms with Gasteiger partial charge >= 0.3 is 5.97 Å². The van der Waals surface area contributed by atoms with Crippen LogP contribution in [-0.4, -0.2) is 48.9 Å². The van der Waals surface area contributed by atoms with E-state index in [1.165, 1.54) is 33.0 Å². The van der Waals surface area contributed by atoms with Crippen molar-refractivity contribution in [1.82, 2.24) is 4.31 Å². The standard InChI is InChI=1S/C14H20N2O6S/c1-5-22-11-7-6-9(8-10(11)12(17)18)23(20,21)16(4)14(2,3)13(15)19/h6-8H,5H2,1-4H3,(H2,15,19)(H,17,18). The average molecular weight is 344 g/mol. The number of hydrogen-bond acceptors (Lipinski definition) is 5. The van der Waals surface area contributed by atoms with Crippen LogP contribution in [0, 0.1) is 0 Å². The summed E-state index contributed by atoms with van der Waals surface area (Å²) in [5.41, 5.74) is 3.48. The van der Waals surface area contributed by atoms with E-state index in [9.17, 15) is 23.1 Å². The summed E-state index contributed by atoms with van der Waals surface area (Å²) in [5, 5.41) is 9.21. The topological polar surface area (TPSA) is 127 Å². The fourth-order valence-electron chi connectivity index (χ4n) is 1.73. The van der Waals surface area contributed by atoms with Gasteiger partial charge in [-0.05, 0) is 39.0 Å². The number of primary amides is 1. The number of aromatic carboxylic acids is 1. The maximum Gasteiger partial charge on any atom is 0.339 e. The van der Waals surface area contributed by atoms with E-state index in [4.69, 9.17) is 10.5 Å². The molecule has 8 nitrogen and oxygen atoms in total. The number of benzene rings is 1. The summed E-state index contributed by atoms with van der Waals surface area (Å²) in [6, 6.07) is 3.49. The summed E-state index contributed by atoms with van der Waals surface area (Å²) in [7, 11) is -2.91.